The van der Waals surface area contributed by atoms with E-state index >= 15 is 0 Å². The topological polar surface area (TPSA) is 93.7 Å². The van der Waals surface area contributed by atoms with Gasteiger partial charge in [-0.25, -0.2) is 9.59 Å². The molecule has 182 valence electrons. The molecule has 0 fully saturated rings. The smallest absolute Gasteiger partial charge is 0.407 e. The number of nitrogens with one attached hydrogen (secondary N) is 2. The van der Waals surface area contributed by atoms with Crippen molar-refractivity contribution in [1.29, 1.82) is 0 Å². The average Bonchev–Trinajstić information content (AvgIpc) is 3.08. The number of benzene rings is 2. The fraction of sp³-hybridized carbons (Fsp3) is 0.444. The van der Waals surface area contributed by atoms with Crippen LogP contribution in [0.2, 0.25) is 0 Å². The van der Waals surface area contributed by atoms with Crippen molar-refractivity contribution < 1.29 is 23.9 Å². The largest absolute Gasteiger partial charge is 0.458 e. The van der Waals surface area contributed by atoms with E-state index in [9.17, 15) is 14.4 Å². The average molecular weight is 467 g/mol. The van der Waals surface area contributed by atoms with Crippen molar-refractivity contribution >= 4 is 18.0 Å². The molecule has 7 heteroatoms. The number of fused-ring (bicyclic) bond motifs is 3. The van der Waals surface area contributed by atoms with Crippen LogP contribution in [0.25, 0.3) is 11.1 Å². The Balaban J connectivity index is 1.61. The summed E-state index contributed by atoms with van der Waals surface area (Å²) in [6, 6.07) is 14.5. The summed E-state index contributed by atoms with van der Waals surface area (Å²) in [6.07, 6.45) is -0.680. The maximum Gasteiger partial charge on any atom is 0.407 e. The lowest BCUT2D eigenvalue weighted by molar-refractivity contribution is -0.158. The highest BCUT2D eigenvalue weighted by Gasteiger charge is 2.31. The van der Waals surface area contributed by atoms with Crippen molar-refractivity contribution in [3.05, 3.63) is 59.7 Å². The second-order valence-corrected chi connectivity index (χ2v) is 9.96. The molecule has 0 bridgehead atoms. The summed E-state index contributed by atoms with van der Waals surface area (Å²) < 4.78 is 10.9. The quantitative estimate of drug-likeness (QED) is 0.590. The Morgan fingerprint density at radius 1 is 0.882 bits per heavy atom. The molecule has 7 nitrogen and oxygen atoms in total. The Kier molecular flexibility index (Phi) is 7.64. The molecule has 0 spiro atoms. The zero-order valence-electron chi connectivity index (χ0n) is 20.7. The maximum atomic E-state index is 12.8. The number of esters is 1. The van der Waals surface area contributed by atoms with Crippen LogP contribution in [0.4, 0.5) is 4.79 Å². The fourth-order valence-corrected chi connectivity index (χ4v) is 4.05. The second kappa shape index (κ2) is 10.3. The van der Waals surface area contributed by atoms with Gasteiger partial charge in [-0.2, -0.15) is 0 Å². The van der Waals surface area contributed by atoms with Crippen LogP contribution in [0.15, 0.2) is 48.5 Å². The fourth-order valence-electron chi connectivity index (χ4n) is 4.05. The predicted octanol–water partition coefficient (Wildman–Crippen LogP) is 4.40. The van der Waals surface area contributed by atoms with Crippen LogP contribution < -0.4 is 10.6 Å². The van der Waals surface area contributed by atoms with Crippen LogP contribution in [0.3, 0.4) is 0 Å². The first-order chi connectivity index (χ1) is 16.0. The molecule has 0 radical (unpaired) electrons. The molecule has 0 saturated heterocycles. The van der Waals surface area contributed by atoms with Gasteiger partial charge in [-0.3, -0.25) is 4.79 Å². The molecule has 2 aromatic carbocycles. The number of hydrogen-bond acceptors (Lipinski definition) is 5. The van der Waals surface area contributed by atoms with E-state index in [4.69, 9.17) is 9.47 Å². The Hall–Kier alpha value is -3.35. The number of alkyl carbamates (subject to hydrolysis) is 1. The summed E-state index contributed by atoms with van der Waals surface area (Å²) >= 11 is 0. The standard InChI is InChI=1S/C27H34N2O5/c1-16(2)23(24(30)28-17(3)25(31)34-27(4,5)6)29-26(32)33-15-22-20-13-9-7-11-18(20)19-12-8-10-14-21(19)22/h7-14,16-17,22-23H,15H2,1-6H3,(H,28,30)(H,29,32). The first-order valence-corrected chi connectivity index (χ1v) is 11.6. The summed E-state index contributed by atoms with van der Waals surface area (Å²) in [5.41, 5.74) is 3.85. The van der Waals surface area contributed by atoms with E-state index in [1.807, 2.05) is 50.2 Å². The van der Waals surface area contributed by atoms with Gasteiger partial charge in [0.1, 0.15) is 24.3 Å². The van der Waals surface area contributed by atoms with E-state index in [0.717, 1.165) is 22.3 Å². The third-order valence-corrected chi connectivity index (χ3v) is 5.69. The first-order valence-electron chi connectivity index (χ1n) is 11.6. The highest BCUT2D eigenvalue weighted by molar-refractivity contribution is 5.89. The minimum Gasteiger partial charge on any atom is -0.458 e. The Morgan fingerprint density at radius 3 is 1.91 bits per heavy atom. The summed E-state index contributed by atoms with van der Waals surface area (Å²) in [5.74, 6) is -1.30. The van der Waals surface area contributed by atoms with E-state index in [2.05, 4.69) is 22.8 Å². The van der Waals surface area contributed by atoms with E-state index < -0.39 is 35.7 Å². The van der Waals surface area contributed by atoms with Gasteiger partial charge < -0.3 is 20.1 Å². The van der Waals surface area contributed by atoms with Gasteiger partial charge >= 0.3 is 12.1 Å². The minimum absolute atomic E-state index is 0.0725. The van der Waals surface area contributed by atoms with E-state index in [-0.39, 0.29) is 18.4 Å². The molecule has 34 heavy (non-hydrogen) atoms. The molecule has 2 atom stereocenters. The van der Waals surface area contributed by atoms with Gasteiger partial charge in [-0.15, -0.1) is 0 Å². The summed E-state index contributed by atoms with van der Waals surface area (Å²) in [5, 5.41) is 5.28. The molecule has 2 N–H and O–H groups in total. The van der Waals surface area contributed by atoms with Crippen LogP contribution in [0.1, 0.15) is 58.6 Å². The first kappa shape index (κ1) is 25.3. The highest BCUT2D eigenvalue weighted by atomic mass is 16.6. The van der Waals surface area contributed by atoms with Gasteiger partial charge in [0.25, 0.3) is 0 Å². The SMILES string of the molecule is CC(NC(=O)C(NC(=O)OCC1c2ccccc2-c2ccccc21)C(C)C)C(=O)OC(C)(C)C. The van der Waals surface area contributed by atoms with Gasteiger partial charge in [0, 0.05) is 5.92 Å². The van der Waals surface area contributed by atoms with Gasteiger partial charge in [-0.1, -0.05) is 62.4 Å². The van der Waals surface area contributed by atoms with E-state index in [1.54, 1.807) is 27.7 Å². The molecule has 0 saturated carbocycles. The van der Waals surface area contributed by atoms with Crippen LogP contribution in [-0.2, 0) is 19.1 Å². The Bertz CT molecular complexity index is 1010. The van der Waals surface area contributed by atoms with Gasteiger partial charge in [0.05, 0.1) is 0 Å². The molecule has 2 aromatic rings. The van der Waals surface area contributed by atoms with Gasteiger partial charge in [0.2, 0.25) is 5.91 Å². The molecule has 1 aliphatic rings. The number of carbonyl (C=O) groups excluding carboxylic acids is 3. The van der Waals surface area contributed by atoms with Crippen LogP contribution in [0, 0.1) is 5.92 Å². The van der Waals surface area contributed by atoms with E-state index in [1.165, 1.54) is 0 Å². The van der Waals surface area contributed by atoms with Crippen LogP contribution in [0.5, 0.6) is 0 Å². The van der Waals surface area contributed by atoms with E-state index in [0.29, 0.717) is 0 Å². The van der Waals surface area contributed by atoms with Crippen molar-refractivity contribution in [1.82, 2.24) is 10.6 Å². The molecular weight excluding hydrogens is 432 g/mol. The molecule has 2 amide bonds. The van der Waals surface area contributed by atoms with Crippen molar-refractivity contribution in [2.75, 3.05) is 6.61 Å². The lowest BCUT2D eigenvalue weighted by atomic mass is 9.98. The molecule has 1 aliphatic carbocycles. The molecule has 0 aliphatic heterocycles. The summed E-state index contributed by atoms with van der Waals surface area (Å²) in [7, 11) is 0. The monoisotopic (exact) mass is 466 g/mol. The lowest BCUT2D eigenvalue weighted by Crippen LogP contribution is -2.53. The van der Waals surface area contributed by atoms with Crippen molar-refractivity contribution in [2.24, 2.45) is 5.92 Å². The van der Waals surface area contributed by atoms with Crippen LogP contribution >= 0.6 is 0 Å². The predicted molar refractivity (Wildman–Crippen MR) is 130 cm³/mol. The number of ether oxygens (including phenoxy) is 2. The number of amides is 2. The zero-order chi connectivity index (χ0) is 25.0. The lowest BCUT2D eigenvalue weighted by Gasteiger charge is -2.26. The number of rotatable bonds is 7. The minimum atomic E-state index is -0.861. The maximum absolute atomic E-state index is 12.8. The van der Waals surface area contributed by atoms with Crippen LogP contribution in [-0.4, -0.2) is 42.3 Å². The van der Waals surface area contributed by atoms with Crippen molar-refractivity contribution in [2.45, 2.75) is 65.1 Å². The number of hydrogen-bond donors (Lipinski definition) is 2. The normalized spacial score (nSPS) is 14.6. The molecule has 0 aromatic heterocycles. The zero-order valence-corrected chi connectivity index (χ0v) is 20.7. The third-order valence-electron chi connectivity index (χ3n) is 5.69. The second-order valence-electron chi connectivity index (χ2n) is 9.96. The van der Waals surface area contributed by atoms with Crippen molar-refractivity contribution in [3.63, 3.8) is 0 Å². The van der Waals surface area contributed by atoms with Gasteiger partial charge in [-0.05, 0) is 55.9 Å². The highest BCUT2D eigenvalue weighted by Crippen LogP contribution is 2.44. The van der Waals surface area contributed by atoms with Crippen molar-refractivity contribution in [3.8, 4) is 11.1 Å². The Labute approximate surface area is 201 Å². The number of carbonyl (C=O) groups is 3. The molecule has 2 unspecified atom stereocenters. The molecule has 0 heterocycles. The van der Waals surface area contributed by atoms with Gasteiger partial charge in [0.15, 0.2) is 0 Å². The Morgan fingerprint density at radius 2 is 1.41 bits per heavy atom. The molecule has 3 rings (SSSR count). The third kappa shape index (κ3) is 5.95. The molecular formula is C27H34N2O5. The summed E-state index contributed by atoms with van der Waals surface area (Å²) in [4.78, 5) is 37.7. The summed E-state index contributed by atoms with van der Waals surface area (Å²) in [6.45, 7) is 10.6.